The Labute approximate surface area is 401 Å². The van der Waals surface area contributed by atoms with Crippen LogP contribution in [0.25, 0.3) is 83.2 Å². The van der Waals surface area contributed by atoms with Crippen LogP contribution in [0.3, 0.4) is 0 Å². The molecule has 0 radical (unpaired) electrons. The third kappa shape index (κ3) is 5.82. The maximum atomic E-state index is 14.1. The number of nitrogens with one attached hydrogen (secondary N) is 2. The van der Waals surface area contributed by atoms with Crippen LogP contribution in [0.4, 0.5) is 11.4 Å². The number of phenolic OH excluding ortho intramolecular Hbond substituents is 2. The summed E-state index contributed by atoms with van der Waals surface area (Å²) in [6.45, 7) is 1.94. The largest absolute Gasteiger partial charge is 0.507 e. The van der Waals surface area contributed by atoms with Gasteiger partial charge in [-0.25, -0.2) is 24.3 Å². The second kappa shape index (κ2) is 14.6. The molecule has 2 aliphatic heterocycles. The van der Waals surface area contributed by atoms with Gasteiger partial charge in [-0.15, -0.1) is 0 Å². The Balaban J connectivity index is 0.780. The van der Waals surface area contributed by atoms with Crippen molar-refractivity contribution in [2.75, 3.05) is 9.80 Å². The molecule has 4 aromatic heterocycles. The Morgan fingerprint density at radius 1 is 0.417 bits per heavy atom. The van der Waals surface area contributed by atoms with E-state index in [-0.39, 0.29) is 83.7 Å². The highest BCUT2D eigenvalue weighted by Gasteiger charge is 2.39. The summed E-state index contributed by atoms with van der Waals surface area (Å²) in [4.78, 5) is 126. The number of benzene rings is 7. The number of hydrogen-bond donors (Lipinski definition) is 4. The number of anilines is 2. The van der Waals surface area contributed by atoms with Crippen molar-refractivity contribution < 1.29 is 29.4 Å². The first kappa shape index (κ1) is 41.8. The molecule has 2 aliphatic rings. The van der Waals surface area contributed by atoms with Gasteiger partial charge in [0.1, 0.15) is 23.1 Å². The van der Waals surface area contributed by atoms with Crippen LogP contribution in [0.15, 0.2) is 141 Å². The molecule has 346 valence electrons. The van der Waals surface area contributed by atoms with Crippen LogP contribution >= 0.6 is 0 Å². The number of rotatable bonds is 6. The van der Waals surface area contributed by atoms with E-state index in [4.69, 9.17) is 0 Å². The fourth-order valence-corrected chi connectivity index (χ4v) is 9.85. The first-order chi connectivity index (χ1) is 34.6. The van der Waals surface area contributed by atoms with E-state index >= 15 is 0 Å². The lowest BCUT2D eigenvalue weighted by molar-refractivity contribution is 0.0910. The van der Waals surface area contributed by atoms with Gasteiger partial charge >= 0.3 is 0 Å². The van der Waals surface area contributed by atoms with Crippen LogP contribution < -0.4 is 32.0 Å². The Kier molecular flexibility index (Phi) is 8.46. The quantitative estimate of drug-likeness (QED) is 0.130. The Morgan fingerprint density at radius 2 is 0.847 bits per heavy atom. The van der Waals surface area contributed by atoms with Crippen molar-refractivity contribution in [1.82, 2.24) is 29.1 Å². The molecular weight excluding hydrogens is 921 g/mol. The molecule has 11 aromatic rings. The second-order valence-corrected chi connectivity index (χ2v) is 17.8. The number of aromatic nitrogens is 6. The normalized spacial score (nSPS) is 13.5. The topological polar surface area (TPSA) is 251 Å². The Morgan fingerprint density at radius 3 is 1.39 bits per heavy atom. The molecule has 72 heavy (non-hydrogen) atoms. The summed E-state index contributed by atoms with van der Waals surface area (Å²) in [7, 11) is 1.31. The van der Waals surface area contributed by atoms with Gasteiger partial charge in [-0.05, 0) is 127 Å². The summed E-state index contributed by atoms with van der Waals surface area (Å²) >= 11 is 0. The van der Waals surface area contributed by atoms with Crippen LogP contribution in [0, 0.1) is 6.92 Å². The summed E-state index contributed by atoms with van der Waals surface area (Å²) < 4.78 is 1.79. The van der Waals surface area contributed by atoms with Crippen molar-refractivity contribution in [2.45, 2.75) is 6.92 Å². The SMILES string of the molecule is Cc1ccc2[nH]c(-c3cc(N4C(=O)c5ccc(-c6ccc7c(c6)C(=O)N(c6ccc8[nH]c(-c9cc(-n%10c(=O)c%11cc%12c(=O)n(C)c(=O)c%12cc%11c%10=O)ccc9O)nc8c6)C7=O)cc5C4=O)ccc3O)nc2c1. The van der Waals surface area contributed by atoms with Crippen LogP contribution in [0.2, 0.25) is 0 Å². The van der Waals surface area contributed by atoms with E-state index in [1.165, 1.54) is 73.8 Å². The number of fused-ring (bicyclic) bond motifs is 6. The van der Waals surface area contributed by atoms with Gasteiger partial charge in [-0.2, -0.15) is 0 Å². The fraction of sp³-hybridized carbons (Fsp3) is 0.0370. The van der Waals surface area contributed by atoms with Gasteiger partial charge in [0, 0.05) is 7.05 Å². The van der Waals surface area contributed by atoms with E-state index in [1.807, 2.05) is 25.1 Å². The summed E-state index contributed by atoms with van der Waals surface area (Å²) in [5.74, 6) is -2.22. The van der Waals surface area contributed by atoms with Gasteiger partial charge in [0.05, 0.1) is 94.1 Å². The number of imidazole rings is 2. The van der Waals surface area contributed by atoms with Gasteiger partial charge in [-0.1, -0.05) is 18.2 Å². The minimum Gasteiger partial charge on any atom is -0.507 e. The summed E-state index contributed by atoms with van der Waals surface area (Å²) in [5, 5.41) is 21.7. The third-order valence-corrected chi connectivity index (χ3v) is 13.6. The van der Waals surface area contributed by atoms with Crippen molar-refractivity contribution >= 4 is 78.6 Å². The molecule has 0 saturated carbocycles. The van der Waals surface area contributed by atoms with Crippen LogP contribution in [-0.4, -0.2) is 62.9 Å². The summed E-state index contributed by atoms with van der Waals surface area (Å²) in [6.07, 6.45) is 0. The average Bonchev–Trinajstić information content (AvgIpc) is 4.20. The number of carbonyl (C=O) groups excluding carboxylic acids is 4. The van der Waals surface area contributed by atoms with E-state index in [0.717, 1.165) is 30.0 Å². The predicted octanol–water partition coefficient (Wildman–Crippen LogP) is 6.51. The highest BCUT2D eigenvalue weighted by molar-refractivity contribution is 6.36. The molecule has 0 bridgehead atoms. The Hall–Kier alpha value is -10.4. The lowest BCUT2D eigenvalue weighted by Gasteiger charge is -2.15. The number of amides is 4. The lowest BCUT2D eigenvalue weighted by Crippen LogP contribution is -2.29. The summed E-state index contributed by atoms with van der Waals surface area (Å²) in [5.41, 5.74) is 3.01. The maximum Gasteiger partial charge on any atom is 0.266 e. The number of imide groups is 2. The highest BCUT2D eigenvalue weighted by atomic mass is 16.3. The van der Waals surface area contributed by atoms with Crippen molar-refractivity contribution in [1.29, 1.82) is 0 Å². The number of hydrogen-bond acceptors (Lipinski definition) is 12. The molecule has 4 amide bonds. The molecule has 18 nitrogen and oxygen atoms in total. The molecular formula is C54H30N8O10. The van der Waals surface area contributed by atoms with E-state index in [9.17, 15) is 48.6 Å². The zero-order valence-corrected chi connectivity index (χ0v) is 37.4. The number of phenols is 2. The van der Waals surface area contributed by atoms with Crippen LogP contribution in [0.5, 0.6) is 11.5 Å². The molecule has 0 unspecified atom stereocenters. The zero-order chi connectivity index (χ0) is 49.8. The number of aromatic amines is 2. The summed E-state index contributed by atoms with van der Waals surface area (Å²) in [6, 6.07) is 30.8. The number of carbonyl (C=O) groups is 4. The molecule has 6 heterocycles. The number of nitrogens with zero attached hydrogens (tertiary/aromatic N) is 6. The average molecular weight is 951 g/mol. The molecule has 0 fully saturated rings. The maximum absolute atomic E-state index is 14.1. The monoisotopic (exact) mass is 950 g/mol. The van der Waals surface area contributed by atoms with Gasteiger partial charge in [0.25, 0.3) is 45.9 Å². The molecule has 0 aliphatic carbocycles. The first-order valence-electron chi connectivity index (χ1n) is 22.2. The Bertz CT molecular complexity index is 4530. The third-order valence-electron chi connectivity index (χ3n) is 13.6. The molecule has 0 saturated heterocycles. The minimum absolute atomic E-state index is 0.0169. The number of aromatic hydroxyl groups is 2. The van der Waals surface area contributed by atoms with E-state index in [2.05, 4.69) is 19.9 Å². The van der Waals surface area contributed by atoms with E-state index < -0.39 is 45.9 Å². The molecule has 18 heteroatoms. The first-order valence-corrected chi connectivity index (χ1v) is 22.2. The van der Waals surface area contributed by atoms with Crippen molar-refractivity contribution in [3.05, 3.63) is 191 Å². The predicted molar refractivity (Wildman–Crippen MR) is 266 cm³/mol. The smallest absolute Gasteiger partial charge is 0.266 e. The van der Waals surface area contributed by atoms with Crippen LogP contribution in [0.1, 0.15) is 47.0 Å². The molecule has 13 rings (SSSR count). The van der Waals surface area contributed by atoms with Crippen LogP contribution in [-0.2, 0) is 7.05 Å². The van der Waals surface area contributed by atoms with Gasteiger partial charge in [0.2, 0.25) is 0 Å². The molecule has 7 aromatic carbocycles. The minimum atomic E-state index is -0.728. The molecule has 0 spiro atoms. The zero-order valence-electron chi connectivity index (χ0n) is 37.4. The molecule has 0 atom stereocenters. The van der Waals surface area contributed by atoms with Gasteiger partial charge in [-0.3, -0.25) is 42.9 Å². The van der Waals surface area contributed by atoms with Crippen molar-refractivity contribution in [3.63, 3.8) is 0 Å². The number of H-pyrrole nitrogens is 2. The number of aryl methyl sites for hydroxylation is 1. The lowest BCUT2D eigenvalue weighted by atomic mass is 9.97. The van der Waals surface area contributed by atoms with E-state index in [1.54, 1.807) is 36.4 Å². The van der Waals surface area contributed by atoms with Gasteiger partial charge < -0.3 is 20.2 Å². The highest BCUT2D eigenvalue weighted by Crippen LogP contribution is 2.39. The standard InChI is InChI=1S/C54H30N8O10/c1-23-3-11-39-41(15-23)57-45(55-39)37-18-26(7-13-43(37)63)60-49(67)29-9-4-24(16-31(29)51(60)69)25-5-10-30-32(17-25)52(70)62(50(30)68)28-6-12-40-42(20-28)58-46(56-40)38-19-27(8-14-44(38)64)61-53(71)35-21-33-34(22-36(35)54(61)72)48(66)59(2)47(33)65/h3-22,63-64H,1-2H3,(H,55,57)(H,56,58). The second-order valence-electron chi connectivity index (χ2n) is 17.8. The van der Waals surface area contributed by atoms with Gasteiger partial charge in [0.15, 0.2) is 0 Å². The van der Waals surface area contributed by atoms with E-state index in [0.29, 0.717) is 39.1 Å². The van der Waals surface area contributed by atoms with Crippen molar-refractivity contribution in [2.24, 2.45) is 7.05 Å². The van der Waals surface area contributed by atoms with Crippen molar-refractivity contribution in [3.8, 4) is 51.1 Å². The fourth-order valence-electron chi connectivity index (χ4n) is 9.85. The molecule has 4 N–H and O–H groups in total.